The van der Waals surface area contributed by atoms with E-state index in [1.165, 1.54) is 18.7 Å². The van der Waals surface area contributed by atoms with Crippen molar-refractivity contribution in [3.8, 4) is 5.69 Å². The Morgan fingerprint density at radius 1 is 0.969 bits per heavy atom. The van der Waals surface area contributed by atoms with E-state index in [0.717, 1.165) is 5.69 Å². The molecule has 8 nitrogen and oxygen atoms in total. The Morgan fingerprint density at radius 2 is 1.69 bits per heavy atom. The number of carbonyl (C=O) groups is 3. The number of nitrogens with one attached hydrogen (secondary N) is 2. The molecule has 32 heavy (non-hydrogen) atoms. The maximum Gasteiger partial charge on any atom is 0.226 e. The molecule has 0 aliphatic heterocycles. The van der Waals surface area contributed by atoms with Crippen LogP contribution in [0.3, 0.4) is 0 Å². The molecule has 9 heteroatoms. The van der Waals surface area contributed by atoms with Gasteiger partial charge in [0.25, 0.3) is 0 Å². The van der Waals surface area contributed by atoms with Crippen molar-refractivity contribution in [2.24, 2.45) is 5.92 Å². The van der Waals surface area contributed by atoms with Crippen LogP contribution in [-0.2, 0) is 9.59 Å². The second-order valence-corrected chi connectivity index (χ2v) is 8.87. The second-order valence-electron chi connectivity index (χ2n) is 7.56. The molecule has 0 fully saturated rings. The standard InChI is InChI=1S/C23H25N5O3S/c1-14(2)22(31)26-18-10-8-17(9-11-18)21(30)15(3)32-23-27-24-13-28(23)20-7-5-6-19(12-20)25-16(4)29/h5-15H,1-4H3,(H,25,29)(H,26,31). The number of Topliss-reactive ketones (excluding diaryl/α,β-unsaturated/α-hetero) is 1. The summed E-state index contributed by atoms with van der Waals surface area (Å²) in [6, 6.07) is 14.2. The van der Waals surface area contributed by atoms with Crippen LogP contribution in [0.15, 0.2) is 60.0 Å². The molecule has 0 saturated carbocycles. The zero-order valence-corrected chi connectivity index (χ0v) is 19.1. The molecule has 2 N–H and O–H groups in total. The number of hydrogen-bond acceptors (Lipinski definition) is 6. The van der Waals surface area contributed by atoms with Crippen LogP contribution < -0.4 is 10.6 Å². The van der Waals surface area contributed by atoms with E-state index in [4.69, 9.17) is 0 Å². The highest BCUT2D eigenvalue weighted by atomic mass is 32.2. The van der Waals surface area contributed by atoms with E-state index < -0.39 is 5.25 Å². The maximum atomic E-state index is 12.9. The van der Waals surface area contributed by atoms with Crippen LogP contribution in [0.5, 0.6) is 0 Å². The Morgan fingerprint density at radius 3 is 2.34 bits per heavy atom. The molecule has 0 aliphatic rings. The van der Waals surface area contributed by atoms with Crippen LogP contribution in [-0.4, -0.2) is 37.6 Å². The molecule has 0 radical (unpaired) electrons. The van der Waals surface area contributed by atoms with E-state index in [1.54, 1.807) is 41.2 Å². The van der Waals surface area contributed by atoms with Gasteiger partial charge in [0.05, 0.1) is 10.9 Å². The van der Waals surface area contributed by atoms with E-state index >= 15 is 0 Å². The van der Waals surface area contributed by atoms with Gasteiger partial charge in [-0.3, -0.25) is 19.0 Å². The summed E-state index contributed by atoms with van der Waals surface area (Å²) in [6.45, 7) is 6.90. The molecule has 1 atom stereocenters. The highest BCUT2D eigenvalue weighted by molar-refractivity contribution is 8.00. The molecule has 1 heterocycles. The van der Waals surface area contributed by atoms with Crippen molar-refractivity contribution in [3.05, 3.63) is 60.4 Å². The first-order valence-corrected chi connectivity index (χ1v) is 11.0. The number of ketones is 1. The third-order valence-corrected chi connectivity index (χ3v) is 5.63. The van der Waals surface area contributed by atoms with Crippen molar-refractivity contribution in [1.82, 2.24) is 14.8 Å². The van der Waals surface area contributed by atoms with Gasteiger partial charge in [-0.2, -0.15) is 0 Å². The summed E-state index contributed by atoms with van der Waals surface area (Å²) >= 11 is 1.30. The minimum atomic E-state index is -0.410. The normalized spacial score (nSPS) is 11.8. The highest BCUT2D eigenvalue weighted by Gasteiger charge is 2.20. The van der Waals surface area contributed by atoms with E-state index in [1.807, 2.05) is 39.0 Å². The lowest BCUT2D eigenvalue weighted by molar-refractivity contribution is -0.119. The lowest BCUT2D eigenvalue weighted by Gasteiger charge is -2.13. The molecule has 0 saturated heterocycles. The predicted molar refractivity (Wildman–Crippen MR) is 125 cm³/mol. The average Bonchev–Trinajstić information content (AvgIpc) is 3.21. The lowest BCUT2D eigenvalue weighted by atomic mass is 10.1. The molecule has 166 valence electrons. The molecule has 0 spiro atoms. The van der Waals surface area contributed by atoms with Crippen LogP contribution in [0, 0.1) is 5.92 Å². The van der Waals surface area contributed by atoms with E-state index in [9.17, 15) is 14.4 Å². The van der Waals surface area contributed by atoms with Crippen molar-refractivity contribution in [2.75, 3.05) is 10.6 Å². The SMILES string of the molecule is CC(=O)Nc1cccc(-n2cnnc2SC(C)C(=O)c2ccc(NC(=O)C(C)C)cc2)c1. The summed E-state index contributed by atoms with van der Waals surface area (Å²) in [5.41, 5.74) is 2.63. The Bertz CT molecular complexity index is 1120. The van der Waals surface area contributed by atoms with Gasteiger partial charge in [0.15, 0.2) is 10.9 Å². The quantitative estimate of drug-likeness (QED) is 0.393. The van der Waals surface area contributed by atoms with Crippen molar-refractivity contribution < 1.29 is 14.4 Å². The van der Waals surface area contributed by atoms with Gasteiger partial charge in [-0.05, 0) is 49.4 Å². The van der Waals surface area contributed by atoms with Crippen molar-refractivity contribution in [3.63, 3.8) is 0 Å². The maximum absolute atomic E-state index is 12.9. The van der Waals surface area contributed by atoms with Crippen LogP contribution in [0.2, 0.25) is 0 Å². The lowest BCUT2D eigenvalue weighted by Crippen LogP contribution is -2.18. The monoisotopic (exact) mass is 451 g/mol. The molecular weight excluding hydrogens is 426 g/mol. The van der Waals surface area contributed by atoms with Crippen LogP contribution in [0.25, 0.3) is 5.69 Å². The number of hydrogen-bond donors (Lipinski definition) is 2. The predicted octanol–water partition coefficient (Wildman–Crippen LogP) is 4.18. The number of amides is 2. The number of rotatable bonds is 8. The van der Waals surface area contributed by atoms with Crippen molar-refractivity contribution >= 4 is 40.7 Å². The number of aromatic nitrogens is 3. The van der Waals surface area contributed by atoms with Gasteiger partial charge in [-0.1, -0.05) is 31.7 Å². The molecule has 0 aliphatic carbocycles. The molecular formula is C23H25N5O3S. The van der Waals surface area contributed by atoms with Crippen LogP contribution in [0.4, 0.5) is 11.4 Å². The average molecular weight is 452 g/mol. The number of thioether (sulfide) groups is 1. The Hall–Kier alpha value is -3.46. The van der Waals surface area contributed by atoms with Gasteiger partial charge in [0.2, 0.25) is 11.8 Å². The largest absolute Gasteiger partial charge is 0.326 e. The van der Waals surface area contributed by atoms with Crippen molar-refractivity contribution in [1.29, 1.82) is 0 Å². The second kappa shape index (κ2) is 10.2. The van der Waals surface area contributed by atoms with Gasteiger partial charge >= 0.3 is 0 Å². The van der Waals surface area contributed by atoms with Gasteiger partial charge in [-0.25, -0.2) is 0 Å². The topological polar surface area (TPSA) is 106 Å². The summed E-state index contributed by atoms with van der Waals surface area (Å²) in [4.78, 5) is 36.1. The fraction of sp³-hybridized carbons (Fsp3) is 0.261. The van der Waals surface area contributed by atoms with Gasteiger partial charge in [0, 0.05) is 29.8 Å². The summed E-state index contributed by atoms with van der Waals surface area (Å²) in [5.74, 6) is -0.410. The third kappa shape index (κ3) is 5.82. The number of anilines is 2. The Kier molecular flexibility index (Phi) is 7.42. The van der Waals surface area contributed by atoms with Crippen LogP contribution >= 0.6 is 11.8 Å². The smallest absolute Gasteiger partial charge is 0.226 e. The zero-order chi connectivity index (χ0) is 23.3. The summed E-state index contributed by atoms with van der Waals surface area (Å²) in [7, 11) is 0. The van der Waals surface area contributed by atoms with Crippen molar-refractivity contribution in [2.45, 2.75) is 38.1 Å². The fourth-order valence-electron chi connectivity index (χ4n) is 2.87. The fourth-order valence-corrected chi connectivity index (χ4v) is 3.79. The van der Waals surface area contributed by atoms with Gasteiger partial charge < -0.3 is 10.6 Å². The third-order valence-electron chi connectivity index (χ3n) is 4.57. The summed E-state index contributed by atoms with van der Waals surface area (Å²) in [5, 5.41) is 13.8. The van der Waals surface area contributed by atoms with E-state index in [2.05, 4.69) is 20.8 Å². The van der Waals surface area contributed by atoms with Gasteiger partial charge in [-0.15, -0.1) is 10.2 Å². The van der Waals surface area contributed by atoms with E-state index in [0.29, 0.717) is 22.1 Å². The molecule has 1 aromatic heterocycles. The minimum absolute atomic E-state index is 0.0571. The molecule has 2 amide bonds. The highest BCUT2D eigenvalue weighted by Crippen LogP contribution is 2.27. The minimum Gasteiger partial charge on any atom is -0.326 e. The first-order valence-electron chi connectivity index (χ1n) is 10.1. The van der Waals surface area contributed by atoms with Gasteiger partial charge in [0.1, 0.15) is 6.33 Å². The van der Waals surface area contributed by atoms with E-state index in [-0.39, 0.29) is 23.5 Å². The zero-order valence-electron chi connectivity index (χ0n) is 18.3. The number of carbonyl (C=O) groups excluding carboxylic acids is 3. The molecule has 2 aromatic carbocycles. The Balaban J connectivity index is 1.71. The first kappa shape index (κ1) is 23.2. The Labute approximate surface area is 190 Å². The summed E-state index contributed by atoms with van der Waals surface area (Å²) < 4.78 is 1.77. The molecule has 0 bridgehead atoms. The molecule has 1 unspecified atom stereocenters. The van der Waals surface area contributed by atoms with Crippen LogP contribution in [0.1, 0.15) is 38.1 Å². The number of nitrogens with zero attached hydrogens (tertiary/aromatic N) is 3. The first-order chi connectivity index (χ1) is 15.2. The molecule has 3 rings (SSSR count). The number of benzene rings is 2. The summed E-state index contributed by atoms with van der Waals surface area (Å²) in [6.07, 6.45) is 1.57. The molecule has 3 aromatic rings.